The fourth-order valence-electron chi connectivity index (χ4n) is 11.3. The van der Waals surface area contributed by atoms with E-state index in [4.69, 9.17) is 47.0 Å². The molecule has 0 amide bonds. The Labute approximate surface area is 596 Å². The molecule has 3 aliphatic rings. The van der Waals surface area contributed by atoms with Crippen molar-refractivity contribution in [2.45, 2.75) is 136 Å². The number of sulfone groups is 2. The molecule has 1 unspecified atom stereocenters. The second-order valence-electron chi connectivity index (χ2n) is 25.2. The number of hydrogen-bond donors (Lipinski definition) is 2. The Morgan fingerprint density at radius 2 is 1.31 bits per heavy atom. The van der Waals surface area contributed by atoms with Crippen molar-refractivity contribution in [3.8, 4) is 17.0 Å². The number of alkyl halides is 3. The summed E-state index contributed by atoms with van der Waals surface area (Å²) < 4.78 is 114. The molecular weight excluding hydrogens is 1420 g/mol. The molecule has 1 atom stereocenters. The van der Waals surface area contributed by atoms with E-state index in [1.54, 1.807) is 55.3 Å². The van der Waals surface area contributed by atoms with Gasteiger partial charge < -0.3 is 28.9 Å². The van der Waals surface area contributed by atoms with Crippen molar-refractivity contribution in [3.63, 3.8) is 0 Å². The van der Waals surface area contributed by atoms with Crippen molar-refractivity contribution in [2.24, 2.45) is 29.8 Å². The quantitative estimate of drug-likeness (QED) is 0.0671. The van der Waals surface area contributed by atoms with Crippen LogP contribution in [0.15, 0.2) is 101 Å². The summed E-state index contributed by atoms with van der Waals surface area (Å²) in [5, 5.41) is 15.6. The van der Waals surface area contributed by atoms with Crippen molar-refractivity contribution in [3.05, 3.63) is 169 Å². The Kier molecular flexibility index (Phi) is 25.2. The van der Waals surface area contributed by atoms with E-state index < -0.39 is 87.5 Å². The van der Waals surface area contributed by atoms with E-state index in [0.29, 0.717) is 102 Å². The predicted octanol–water partition coefficient (Wildman–Crippen LogP) is 9.63. The molecule has 2 N–H and O–H groups in total. The third-order valence-corrected chi connectivity index (χ3v) is 19.3. The maximum atomic E-state index is 13.5. The average Bonchev–Trinajstić information content (AvgIpc) is 1.47. The topological polar surface area (TPSA) is 330 Å². The van der Waals surface area contributed by atoms with Crippen LogP contribution in [-0.4, -0.2) is 138 Å². The summed E-state index contributed by atoms with van der Waals surface area (Å²) in [6.07, 6.45) is 0.476. The maximum Gasteiger partial charge on any atom is 0.416 e. The lowest BCUT2D eigenvalue weighted by Crippen LogP contribution is -2.48. The number of aryl methyl sites for hydroxylation is 6. The van der Waals surface area contributed by atoms with Gasteiger partial charge in [-0.15, -0.1) is 0 Å². The van der Waals surface area contributed by atoms with E-state index in [0.717, 1.165) is 46.5 Å². The number of fused-ring (bicyclic) bond motifs is 1. The number of aromatic nitrogens is 6. The Balaban J connectivity index is 0.000000191. The highest BCUT2D eigenvalue weighted by Crippen LogP contribution is 2.41. The van der Waals surface area contributed by atoms with Crippen LogP contribution in [0.25, 0.3) is 11.1 Å². The number of hydrazone groups is 1. The van der Waals surface area contributed by atoms with E-state index in [-0.39, 0.29) is 64.2 Å². The first kappa shape index (κ1) is 80.1. The van der Waals surface area contributed by atoms with Gasteiger partial charge in [-0.3, -0.25) is 43.2 Å². The van der Waals surface area contributed by atoms with Crippen molar-refractivity contribution in [1.29, 1.82) is 0 Å². The minimum absolute atomic E-state index is 0.00623. The highest BCUT2D eigenvalue weighted by atomic mass is 35.5. The number of rotatable bonds is 16. The number of H-pyrrole nitrogens is 2. The van der Waals surface area contributed by atoms with Crippen LogP contribution in [0.2, 0.25) is 10.0 Å². The molecule has 0 spiro atoms. The number of esters is 3. The first-order valence-electron chi connectivity index (χ1n) is 32.0. The molecule has 6 heterocycles. The van der Waals surface area contributed by atoms with Gasteiger partial charge in [0.05, 0.1) is 76.7 Å². The number of oxime groups is 1. The maximum absolute atomic E-state index is 13.5. The van der Waals surface area contributed by atoms with Gasteiger partial charge in [-0.25, -0.2) is 40.8 Å². The van der Waals surface area contributed by atoms with Crippen LogP contribution >= 0.6 is 23.2 Å². The zero-order valence-electron chi connectivity index (χ0n) is 58.9. The molecule has 33 heteroatoms. The molecule has 0 saturated carbocycles. The molecule has 0 aliphatic carbocycles. The molecule has 0 saturated heterocycles. The predicted molar refractivity (Wildman–Crippen MR) is 376 cm³/mol. The summed E-state index contributed by atoms with van der Waals surface area (Å²) in [4.78, 5) is 105. The molecule has 7 aromatic rings. The first-order chi connectivity index (χ1) is 47.6. The van der Waals surface area contributed by atoms with Crippen molar-refractivity contribution >= 4 is 89.5 Å². The van der Waals surface area contributed by atoms with Crippen LogP contribution in [0.4, 0.5) is 18.9 Å². The second kappa shape index (κ2) is 32.0. The number of anilines is 1. The third-order valence-electron chi connectivity index (χ3n) is 16.5. The summed E-state index contributed by atoms with van der Waals surface area (Å²) in [6.45, 7) is 22.5. The van der Waals surface area contributed by atoms with E-state index >= 15 is 0 Å². The second-order valence-corrected chi connectivity index (χ2v) is 30.0. The molecule has 3 aromatic heterocycles. The van der Waals surface area contributed by atoms with Gasteiger partial charge in [-0.1, -0.05) is 59.9 Å². The standard InChI is InChI=1S/C23H32N2O4.C16H18Cl2N2O4.C16H17N3O5S.C14H13F3N2O4S/c1-7-16-13-15(3)14-17(8-2)18(16)19-20(26)24-9-11-28-12-10-25(24)21(19)29-22(27)23(4,5)6;1-4-23-14(21)12-9-16(3,15(22)24-5-2)20(19-12)13-7-6-10(17)8-11(13)18;1-9-10(15(20)11-8-17-19(2)16(11)21)4-5-13(25(3,22)23)14(9)12-6-7-24-18-12;1-7-11(13(21)19(2)18-7)12(20)9-5-4-8(14(15,16)17)6-10(9)24(3,22)23/h13-14H,7-12H2,1-6H3;6-8H,4-5,9H2,1-3H3;4-5,8,17H,6-7H2,1-3H3;4-6,18H,1-3H3. The molecular formula is C69H80Cl2F3N9O17S2. The Morgan fingerprint density at radius 1 is 0.706 bits per heavy atom. The molecule has 550 valence electrons. The third kappa shape index (κ3) is 17.5. The smallest absolute Gasteiger partial charge is 0.416 e. The van der Waals surface area contributed by atoms with Crippen molar-refractivity contribution in [2.75, 3.05) is 50.6 Å². The van der Waals surface area contributed by atoms with Gasteiger partial charge in [0.15, 0.2) is 31.0 Å². The molecule has 26 nitrogen and oxygen atoms in total. The lowest BCUT2D eigenvalue weighted by atomic mass is 9.91. The van der Waals surface area contributed by atoms with Gasteiger partial charge in [-0.2, -0.15) is 18.3 Å². The monoisotopic (exact) mass is 1500 g/mol. The van der Waals surface area contributed by atoms with Crippen LogP contribution in [0.1, 0.15) is 139 Å². The number of hydrogen-bond acceptors (Lipinski definition) is 20. The first-order valence-corrected chi connectivity index (χ1v) is 36.6. The van der Waals surface area contributed by atoms with Gasteiger partial charge in [0.2, 0.25) is 11.7 Å². The summed E-state index contributed by atoms with van der Waals surface area (Å²) in [6, 6.07) is 13.6. The summed E-state index contributed by atoms with van der Waals surface area (Å²) in [5.74, 6) is -2.51. The SMILES string of the molecule is CCOC(=O)C1=NN(c2ccc(Cl)cc2Cl)C(C)(C(=O)OCC)C1.CCc1cc(C)cc(CC)c1-c1c(OC(=O)C(C)(C)C)n2n(c1=O)CCOCC2.Cc1[nH]n(C)c(=O)c1C(=O)c1ccc(C(F)(F)F)cc1S(C)(=O)=O.Cc1c(C(=O)c2c[nH]n(C)c2=O)ccc(S(C)(=O)=O)c1C1=NOCC1. The van der Waals surface area contributed by atoms with Gasteiger partial charge in [0.1, 0.15) is 29.0 Å². The fraction of sp³-hybridized carbons (Fsp3) is 0.420. The van der Waals surface area contributed by atoms with Crippen LogP contribution in [0.5, 0.6) is 5.88 Å². The lowest BCUT2D eigenvalue weighted by Gasteiger charge is -2.32. The van der Waals surface area contributed by atoms with Gasteiger partial charge in [-0.05, 0) is 146 Å². The highest BCUT2D eigenvalue weighted by Gasteiger charge is 2.50. The summed E-state index contributed by atoms with van der Waals surface area (Å²) >= 11 is 12.2. The molecule has 4 aromatic carbocycles. The zero-order chi connectivity index (χ0) is 76.1. The number of nitrogens with zero attached hydrogens (tertiary/aromatic N) is 7. The fourth-order valence-corrected chi connectivity index (χ4v) is 13.7. The molecule has 0 fully saturated rings. The number of aromatic amines is 2. The highest BCUT2D eigenvalue weighted by molar-refractivity contribution is 7.91. The molecule has 3 aliphatic heterocycles. The zero-order valence-corrected chi connectivity index (χ0v) is 62.1. The lowest BCUT2D eigenvalue weighted by molar-refractivity contribution is -0.148. The largest absolute Gasteiger partial charge is 0.464 e. The molecule has 102 heavy (non-hydrogen) atoms. The Bertz CT molecular complexity index is 4910. The van der Waals surface area contributed by atoms with Crippen LogP contribution in [0, 0.1) is 26.2 Å². The summed E-state index contributed by atoms with van der Waals surface area (Å²) in [7, 11) is -4.79. The van der Waals surface area contributed by atoms with Crippen LogP contribution < -0.4 is 26.4 Å². The van der Waals surface area contributed by atoms with Crippen molar-refractivity contribution < 1.29 is 77.8 Å². The number of nitrogens with one attached hydrogen (secondary N) is 2. The molecule has 0 radical (unpaired) electrons. The minimum Gasteiger partial charge on any atom is -0.464 e. The van der Waals surface area contributed by atoms with E-state index in [1.165, 1.54) is 54.6 Å². The Hall–Kier alpha value is -9.17. The molecule has 10 rings (SSSR count). The molecule has 0 bridgehead atoms. The van der Waals surface area contributed by atoms with Crippen molar-refractivity contribution in [1.82, 2.24) is 28.9 Å². The number of carbonyl (C=O) groups is 5. The minimum atomic E-state index is -4.76. The van der Waals surface area contributed by atoms with Crippen LogP contribution in [-0.2, 0) is 99.3 Å². The number of halogens is 5. The van der Waals surface area contributed by atoms with Gasteiger partial charge in [0.25, 0.3) is 16.7 Å². The number of ether oxygens (including phenoxy) is 4. The Morgan fingerprint density at radius 3 is 1.82 bits per heavy atom. The van der Waals surface area contributed by atoms with E-state index in [9.17, 15) is 68.4 Å². The van der Waals surface area contributed by atoms with Gasteiger partial charge in [0, 0.05) is 73.1 Å². The van der Waals surface area contributed by atoms with E-state index in [1.807, 2.05) is 20.8 Å². The number of ketones is 2. The van der Waals surface area contributed by atoms with Gasteiger partial charge >= 0.3 is 24.1 Å². The normalized spacial score (nSPS) is 15.2. The summed E-state index contributed by atoms with van der Waals surface area (Å²) in [5.41, 5.74) is 1.99. The van der Waals surface area contributed by atoms with E-state index in [2.05, 4.69) is 53.4 Å². The number of carbonyl (C=O) groups excluding carboxylic acids is 5. The van der Waals surface area contributed by atoms with Crippen LogP contribution in [0.3, 0.4) is 0 Å². The number of benzene rings is 4. The average molecular weight is 1500 g/mol.